The van der Waals surface area contributed by atoms with Gasteiger partial charge in [0.05, 0.1) is 19.8 Å². The highest BCUT2D eigenvalue weighted by Crippen LogP contribution is 2.27. The zero-order valence-electron chi connectivity index (χ0n) is 14.0. The number of benzene rings is 2. The normalized spacial score (nSPS) is 10.0. The molecule has 0 aliphatic carbocycles. The van der Waals surface area contributed by atoms with Crippen LogP contribution in [-0.4, -0.2) is 44.2 Å². The van der Waals surface area contributed by atoms with Crippen molar-refractivity contribution in [3.05, 3.63) is 53.6 Å². The minimum absolute atomic E-state index is 0.0886. The van der Waals surface area contributed by atoms with Crippen LogP contribution in [0.2, 0.25) is 0 Å². The summed E-state index contributed by atoms with van der Waals surface area (Å²) in [6.07, 6.45) is 0. The minimum atomic E-state index is -0.404. The molecule has 0 fully saturated rings. The number of ether oxygens (including phenoxy) is 2. The summed E-state index contributed by atoms with van der Waals surface area (Å²) in [5.41, 5.74) is 0.610. The van der Waals surface area contributed by atoms with Crippen molar-refractivity contribution in [2.75, 3.05) is 27.3 Å². The highest BCUT2D eigenvalue weighted by atomic mass is 16.5. The van der Waals surface area contributed by atoms with E-state index in [0.717, 1.165) is 0 Å². The maximum atomic E-state index is 12.1. The molecule has 2 rings (SSSR count). The number of rotatable bonds is 7. The van der Waals surface area contributed by atoms with Crippen LogP contribution in [0.1, 0.15) is 20.7 Å². The lowest BCUT2D eigenvalue weighted by molar-refractivity contribution is 0.0926. The molecule has 0 bridgehead atoms. The van der Waals surface area contributed by atoms with Gasteiger partial charge in [-0.05, 0) is 30.3 Å². The summed E-state index contributed by atoms with van der Waals surface area (Å²) in [5, 5.41) is 14.9. The van der Waals surface area contributed by atoms with Crippen LogP contribution in [0.5, 0.6) is 17.2 Å². The Hall–Kier alpha value is -3.22. The number of nitrogens with one attached hydrogen (secondary N) is 2. The molecular weight excluding hydrogens is 324 g/mol. The predicted octanol–water partition coefficient (Wildman–Crippen LogP) is 1.57. The van der Waals surface area contributed by atoms with Gasteiger partial charge >= 0.3 is 0 Å². The van der Waals surface area contributed by atoms with Crippen molar-refractivity contribution in [1.29, 1.82) is 0 Å². The van der Waals surface area contributed by atoms with E-state index in [1.165, 1.54) is 26.4 Å². The van der Waals surface area contributed by atoms with Crippen molar-refractivity contribution >= 4 is 11.8 Å². The number of methoxy groups -OCH3 is 2. The molecule has 2 amide bonds. The first-order chi connectivity index (χ1) is 12.1. The lowest BCUT2D eigenvalue weighted by Gasteiger charge is -2.10. The first-order valence-electron chi connectivity index (χ1n) is 7.63. The third kappa shape index (κ3) is 4.63. The van der Waals surface area contributed by atoms with E-state index in [4.69, 9.17) is 9.47 Å². The second-order valence-corrected chi connectivity index (χ2v) is 5.10. The molecule has 7 heteroatoms. The smallest absolute Gasteiger partial charge is 0.255 e. The van der Waals surface area contributed by atoms with Gasteiger partial charge in [-0.15, -0.1) is 0 Å². The minimum Gasteiger partial charge on any atom is -0.507 e. The summed E-state index contributed by atoms with van der Waals surface area (Å²) in [4.78, 5) is 24.0. The summed E-state index contributed by atoms with van der Waals surface area (Å²) in [6, 6.07) is 11.1. The van der Waals surface area contributed by atoms with E-state index in [9.17, 15) is 14.7 Å². The molecule has 2 aromatic rings. The molecule has 0 saturated heterocycles. The fourth-order valence-electron chi connectivity index (χ4n) is 2.19. The van der Waals surface area contributed by atoms with E-state index in [0.29, 0.717) is 17.1 Å². The van der Waals surface area contributed by atoms with Crippen LogP contribution in [0.3, 0.4) is 0 Å². The van der Waals surface area contributed by atoms with Gasteiger partial charge in [-0.25, -0.2) is 0 Å². The van der Waals surface area contributed by atoms with Crippen LogP contribution in [0.4, 0.5) is 0 Å². The Morgan fingerprint density at radius 2 is 1.56 bits per heavy atom. The number of phenolic OH excluding ortho intramolecular Hbond substituents is 1. The van der Waals surface area contributed by atoms with Crippen molar-refractivity contribution in [3.8, 4) is 17.2 Å². The lowest BCUT2D eigenvalue weighted by Crippen LogP contribution is -2.34. The Kier molecular flexibility index (Phi) is 6.22. The van der Waals surface area contributed by atoms with Crippen LogP contribution in [-0.2, 0) is 0 Å². The van der Waals surface area contributed by atoms with Gasteiger partial charge < -0.3 is 25.2 Å². The Labute approximate surface area is 145 Å². The van der Waals surface area contributed by atoms with Crippen molar-refractivity contribution in [1.82, 2.24) is 10.6 Å². The first-order valence-corrected chi connectivity index (χ1v) is 7.63. The van der Waals surface area contributed by atoms with E-state index in [1.54, 1.807) is 30.3 Å². The molecule has 0 spiro atoms. The monoisotopic (exact) mass is 344 g/mol. The maximum Gasteiger partial charge on any atom is 0.255 e. The zero-order chi connectivity index (χ0) is 18.2. The van der Waals surface area contributed by atoms with Crippen molar-refractivity contribution in [3.63, 3.8) is 0 Å². The molecule has 0 aliphatic heterocycles. The molecule has 0 heterocycles. The molecular formula is C18H20N2O5. The number of aromatic hydroxyl groups is 1. The fraction of sp³-hybridized carbons (Fsp3) is 0.222. The van der Waals surface area contributed by atoms with Gasteiger partial charge in [0.15, 0.2) is 11.5 Å². The molecule has 2 aromatic carbocycles. The fourth-order valence-corrected chi connectivity index (χ4v) is 2.19. The molecule has 25 heavy (non-hydrogen) atoms. The number of hydrogen-bond acceptors (Lipinski definition) is 5. The Morgan fingerprint density at radius 1 is 0.920 bits per heavy atom. The largest absolute Gasteiger partial charge is 0.507 e. The Bertz CT molecular complexity index is 761. The summed E-state index contributed by atoms with van der Waals surface area (Å²) in [7, 11) is 3.01. The molecule has 0 saturated carbocycles. The summed E-state index contributed by atoms with van der Waals surface area (Å²) >= 11 is 0. The van der Waals surface area contributed by atoms with Crippen LogP contribution in [0.15, 0.2) is 42.5 Å². The van der Waals surface area contributed by atoms with Crippen molar-refractivity contribution < 1.29 is 24.2 Å². The molecule has 0 radical (unpaired) electrons. The Balaban J connectivity index is 1.85. The molecule has 7 nitrogen and oxygen atoms in total. The standard InChI is InChI=1S/C18H20N2O5/c1-24-15-8-7-12(11-16(15)25-2)17(22)19-9-10-20-18(23)13-5-3-4-6-14(13)21/h3-8,11,21H,9-10H2,1-2H3,(H,19,22)(H,20,23). The van der Waals surface area contributed by atoms with Crippen LogP contribution < -0.4 is 20.1 Å². The molecule has 0 unspecified atom stereocenters. The lowest BCUT2D eigenvalue weighted by atomic mass is 10.2. The van der Waals surface area contributed by atoms with Crippen molar-refractivity contribution in [2.45, 2.75) is 0 Å². The average molecular weight is 344 g/mol. The number of amides is 2. The van der Waals surface area contributed by atoms with E-state index in [2.05, 4.69) is 10.6 Å². The first kappa shape index (κ1) is 18.1. The average Bonchev–Trinajstić information content (AvgIpc) is 2.64. The highest BCUT2D eigenvalue weighted by Gasteiger charge is 2.11. The molecule has 132 valence electrons. The van der Waals surface area contributed by atoms with Gasteiger partial charge in [-0.2, -0.15) is 0 Å². The third-order valence-electron chi connectivity index (χ3n) is 3.49. The van der Waals surface area contributed by atoms with Gasteiger partial charge in [0, 0.05) is 18.7 Å². The quantitative estimate of drug-likeness (QED) is 0.663. The number of para-hydroxylation sites is 1. The van der Waals surface area contributed by atoms with Gasteiger partial charge in [0.25, 0.3) is 11.8 Å². The van der Waals surface area contributed by atoms with E-state index in [1.807, 2.05) is 0 Å². The second-order valence-electron chi connectivity index (χ2n) is 5.10. The molecule has 0 atom stereocenters. The van der Waals surface area contributed by atoms with Crippen molar-refractivity contribution in [2.24, 2.45) is 0 Å². The van der Waals surface area contributed by atoms with Gasteiger partial charge in [-0.3, -0.25) is 9.59 Å². The van der Waals surface area contributed by atoms with Gasteiger partial charge in [0.1, 0.15) is 5.75 Å². The van der Waals surface area contributed by atoms with Gasteiger partial charge in [0.2, 0.25) is 0 Å². The maximum absolute atomic E-state index is 12.1. The number of phenols is 1. The Morgan fingerprint density at radius 3 is 2.20 bits per heavy atom. The summed E-state index contributed by atoms with van der Waals surface area (Å²) in [5.74, 6) is 0.211. The predicted molar refractivity (Wildman–Crippen MR) is 92.3 cm³/mol. The summed E-state index contributed by atoms with van der Waals surface area (Å²) < 4.78 is 10.3. The van der Waals surface area contributed by atoms with Crippen LogP contribution in [0, 0.1) is 0 Å². The molecule has 0 aromatic heterocycles. The highest BCUT2D eigenvalue weighted by molar-refractivity contribution is 5.97. The second kappa shape index (κ2) is 8.58. The van der Waals surface area contributed by atoms with Crippen LogP contribution >= 0.6 is 0 Å². The molecule has 0 aliphatic rings. The topological polar surface area (TPSA) is 96.9 Å². The van der Waals surface area contributed by atoms with E-state index < -0.39 is 5.91 Å². The van der Waals surface area contributed by atoms with E-state index in [-0.39, 0.29) is 30.3 Å². The van der Waals surface area contributed by atoms with E-state index >= 15 is 0 Å². The number of carbonyl (C=O) groups is 2. The SMILES string of the molecule is COc1ccc(C(=O)NCCNC(=O)c2ccccc2O)cc1OC. The van der Waals surface area contributed by atoms with Gasteiger partial charge in [-0.1, -0.05) is 12.1 Å². The van der Waals surface area contributed by atoms with Crippen LogP contribution in [0.25, 0.3) is 0 Å². The molecule has 3 N–H and O–H groups in total. The number of carbonyl (C=O) groups excluding carboxylic acids is 2. The zero-order valence-corrected chi connectivity index (χ0v) is 14.0. The third-order valence-corrected chi connectivity index (χ3v) is 3.49. The summed E-state index contributed by atoms with van der Waals surface area (Å²) in [6.45, 7) is 0.471. The number of hydrogen-bond donors (Lipinski definition) is 3.